The number of hydrogen-bond donors (Lipinski definition) is 1. The zero-order valence-corrected chi connectivity index (χ0v) is 14.0. The molecule has 0 aliphatic carbocycles. The molecule has 0 heterocycles. The van der Waals surface area contributed by atoms with Crippen molar-refractivity contribution >= 4 is 0 Å². The zero-order valence-electron chi connectivity index (χ0n) is 14.0. The van der Waals surface area contributed by atoms with E-state index in [2.05, 4.69) is 50.4 Å². The molecule has 1 N–H and O–H groups in total. The number of rotatable bonds is 11. The van der Waals surface area contributed by atoms with Crippen LogP contribution in [-0.2, 0) is 9.47 Å². The first-order chi connectivity index (χ1) is 10.1. The van der Waals surface area contributed by atoms with Gasteiger partial charge in [-0.25, -0.2) is 0 Å². The Kier molecular flexibility index (Phi) is 9.31. The van der Waals surface area contributed by atoms with Crippen molar-refractivity contribution < 1.29 is 9.47 Å². The predicted octanol–water partition coefficient (Wildman–Crippen LogP) is 3.52. The minimum Gasteiger partial charge on any atom is -0.385 e. The minimum atomic E-state index is 0.510. The van der Waals surface area contributed by atoms with Crippen LogP contribution in [0.2, 0.25) is 0 Å². The fraction of sp³-hybridized carbons (Fsp3) is 0.667. The van der Waals surface area contributed by atoms with Crippen molar-refractivity contribution in [2.24, 2.45) is 0 Å². The maximum Gasteiger partial charge on any atom is 0.0487 e. The van der Waals surface area contributed by atoms with Crippen molar-refractivity contribution in [3.8, 4) is 0 Å². The Morgan fingerprint density at radius 3 is 2.38 bits per heavy atom. The second kappa shape index (κ2) is 10.8. The highest BCUT2D eigenvalue weighted by Crippen LogP contribution is 2.20. The van der Waals surface area contributed by atoms with Crippen LogP contribution in [0.25, 0.3) is 0 Å². The number of benzene rings is 1. The van der Waals surface area contributed by atoms with Crippen molar-refractivity contribution in [2.75, 3.05) is 33.5 Å². The average molecular weight is 293 g/mol. The van der Waals surface area contributed by atoms with Gasteiger partial charge in [0, 0.05) is 39.5 Å². The van der Waals surface area contributed by atoms with Crippen molar-refractivity contribution in [3.05, 3.63) is 35.4 Å². The summed E-state index contributed by atoms with van der Waals surface area (Å²) in [5.41, 5.74) is 2.71. The summed E-state index contributed by atoms with van der Waals surface area (Å²) in [6.07, 6.45) is 2.02. The molecule has 0 saturated carbocycles. The second-order valence-electron chi connectivity index (χ2n) is 5.92. The van der Waals surface area contributed by atoms with E-state index in [4.69, 9.17) is 9.47 Å². The van der Waals surface area contributed by atoms with Crippen LogP contribution in [0.4, 0.5) is 0 Å². The molecular formula is C18H31NO2. The number of nitrogens with one attached hydrogen (secondary N) is 1. The predicted molar refractivity (Wildman–Crippen MR) is 89.0 cm³/mol. The Labute approximate surface area is 130 Å². The molecule has 0 amide bonds. The molecule has 0 saturated heterocycles. The molecule has 3 nitrogen and oxygen atoms in total. The Balaban J connectivity index is 2.42. The number of aryl methyl sites for hydroxylation is 1. The van der Waals surface area contributed by atoms with Gasteiger partial charge in [-0.1, -0.05) is 43.7 Å². The first kappa shape index (κ1) is 18.1. The second-order valence-corrected chi connectivity index (χ2v) is 5.92. The lowest BCUT2D eigenvalue weighted by Crippen LogP contribution is -2.28. The van der Waals surface area contributed by atoms with Gasteiger partial charge in [-0.2, -0.15) is 0 Å². The van der Waals surface area contributed by atoms with E-state index in [1.54, 1.807) is 7.11 Å². The van der Waals surface area contributed by atoms with E-state index in [-0.39, 0.29) is 0 Å². The topological polar surface area (TPSA) is 30.5 Å². The summed E-state index contributed by atoms with van der Waals surface area (Å²) >= 11 is 0. The molecule has 0 aliphatic heterocycles. The molecule has 21 heavy (non-hydrogen) atoms. The van der Waals surface area contributed by atoms with Gasteiger partial charge in [0.15, 0.2) is 0 Å². The highest BCUT2D eigenvalue weighted by Gasteiger charge is 2.12. The largest absolute Gasteiger partial charge is 0.385 e. The molecule has 1 aromatic carbocycles. The Bertz CT molecular complexity index is 362. The summed E-state index contributed by atoms with van der Waals surface area (Å²) in [6, 6.07) is 9.38. The summed E-state index contributed by atoms with van der Waals surface area (Å²) < 4.78 is 10.7. The SMILES string of the molecule is COCCCOCCC(CNC(C)C)c1ccc(C)cc1. The van der Waals surface area contributed by atoms with Crippen LogP contribution in [-0.4, -0.2) is 39.5 Å². The first-order valence-corrected chi connectivity index (χ1v) is 8.00. The lowest BCUT2D eigenvalue weighted by molar-refractivity contribution is 0.0979. The summed E-state index contributed by atoms with van der Waals surface area (Å²) in [6.45, 7) is 9.87. The monoisotopic (exact) mass is 293 g/mol. The maximum atomic E-state index is 5.71. The van der Waals surface area contributed by atoms with Gasteiger partial charge in [0.2, 0.25) is 0 Å². The van der Waals surface area contributed by atoms with Gasteiger partial charge in [0.05, 0.1) is 0 Å². The molecule has 0 spiro atoms. The van der Waals surface area contributed by atoms with Gasteiger partial charge in [-0.15, -0.1) is 0 Å². The molecule has 0 bridgehead atoms. The van der Waals surface area contributed by atoms with Gasteiger partial charge in [-0.3, -0.25) is 0 Å². The third-order valence-electron chi connectivity index (χ3n) is 3.57. The molecule has 3 heteroatoms. The average Bonchev–Trinajstić information content (AvgIpc) is 2.46. The van der Waals surface area contributed by atoms with Crippen molar-refractivity contribution in [2.45, 2.75) is 45.6 Å². The van der Waals surface area contributed by atoms with Crippen LogP contribution >= 0.6 is 0 Å². The normalized spacial score (nSPS) is 12.8. The van der Waals surface area contributed by atoms with E-state index in [0.717, 1.165) is 39.2 Å². The Hall–Kier alpha value is -0.900. The van der Waals surface area contributed by atoms with E-state index < -0.39 is 0 Å². The van der Waals surface area contributed by atoms with Crippen LogP contribution in [0.5, 0.6) is 0 Å². The smallest absolute Gasteiger partial charge is 0.0487 e. The standard InChI is InChI=1S/C18H31NO2/c1-15(2)19-14-18(10-13-21-12-5-11-20-4)17-8-6-16(3)7-9-17/h6-9,15,18-19H,5,10-14H2,1-4H3. The van der Waals surface area contributed by atoms with Crippen LogP contribution in [0, 0.1) is 6.92 Å². The van der Waals surface area contributed by atoms with Gasteiger partial charge in [0.1, 0.15) is 0 Å². The number of ether oxygens (including phenoxy) is 2. The molecule has 1 unspecified atom stereocenters. The molecule has 0 fully saturated rings. The van der Waals surface area contributed by atoms with Crippen LogP contribution in [0.15, 0.2) is 24.3 Å². The minimum absolute atomic E-state index is 0.510. The third-order valence-corrected chi connectivity index (χ3v) is 3.57. The van der Waals surface area contributed by atoms with E-state index in [1.807, 2.05) is 0 Å². The molecular weight excluding hydrogens is 262 g/mol. The zero-order chi connectivity index (χ0) is 15.5. The number of methoxy groups -OCH3 is 1. The molecule has 1 aromatic rings. The van der Waals surface area contributed by atoms with E-state index in [0.29, 0.717) is 12.0 Å². The van der Waals surface area contributed by atoms with Gasteiger partial charge in [-0.05, 0) is 31.2 Å². The van der Waals surface area contributed by atoms with E-state index in [1.165, 1.54) is 11.1 Å². The molecule has 120 valence electrons. The van der Waals surface area contributed by atoms with Crippen LogP contribution in [0.1, 0.15) is 43.7 Å². The van der Waals surface area contributed by atoms with Gasteiger partial charge >= 0.3 is 0 Å². The number of hydrogen-bond acceptors (Lipinski definition) is 3. The van der Waals surface area contributed by atoms with Crippen molar-refractivity contribution in [3.63, 3.8) is 0 Å². The van der Waals surface area contributed by atoms with Gasteiger partial charge < -0.3 is 14.8 Å². The first-order valence-electron chi connectivity index (χ1n) is 8.00. The molecule has 0 aromatic heterocycles. The summed E-state index contributed by atoms with van der Waals surface area (Å²) in [5, 5.41) is 3.54. The Morgan fingerprint density at radius 1 is 1.05 bits per heavy atom. The Morgan fingerprint density at radius 2 is 1.76 bits per heavy atom. The van der Waals surface area contributed by atoms with E-state index >= 15 is 0 Å². The van der Waals surface area contributed by atoms with Gasteiger partial charge in [0.25, 0.3) is 0 Å². The molecule has 0 radical (unpaired) electrons. The maximum absolute atomic E-state index is 5.71. The van der Waals surface area contributed by atoms with Crippen molar-refractivity contribution in [1.82, 2.24) is 5.32 Å². The summed E-state index contributed by atoms with van der Waals surface area (Å²) in [5.74, 6) is 0.510. The van der Waals surface area contributed by atoms with E-state index in [9.17, 15) is 0 Å². The third kappa shape index (κ3) is 8.20. The fourth-order valence-corrected chi connectivity index (χ4v) is 2.24. The molecule has 0 aliphatic rings. The summed E-state index contributed by atoms with van der Waals surface area (Å²) in [4.78, 5) is 0. The van der Waals surface area contributed by atoms with Crippen LogP contribution in [0.3, 0.4) is 0 Å². The van der Waals surface area contributed by atoms with Crippen molar-refractivity contribution in [1.29, 1.82) is 0 Å². The summed E-state index contributed by atoms with van der Waals surface area (Å²) in [7, 11) is 1.73. The molecule has 1 atom stereocenters. The lowest BCUT2D eigenvalue weighted by atomic mass is 9.95. The fourth-order valence-electron chi connectivity index (χ4n) is 2.24. The highest BCUT2D eigenvalue weighted by atomic mass is 16.5. The van der Waals surface area contributed by atoms with Crippen LogP contribution < -0.4 is 5.32 Å². The highest BCUT2D eigenvalue weighted by molar-refractivity contribution is 5.24. The quantitative estimate of drug-likeness (QED) is 0.633. The lowest BCUT2D eigenvalue weighted by Gasteiger charge is -2.20. The molecule has 1 rings (SSSR count).